The summed E-state index contributed by atoms with van der Waals surface area (Å²) in [5, 5.41) is 9.03. The van der Waals surface area contributed by atoms with Crippen LogP contribution in [0.4, 0.5) is 0 Å². The van der Waals surface area contributed by atoms with Crippen molar-refractivity contribution in [1.82, 2.24) is 4.90 Å². The molecule has 2 aliphatic heterocycles. The first-order chi connectivity index (χ1) is 9.78. The molecule has 1 saturated heterocycles. The molecule has 1 atom stereocenters. The van der Waals surface area contributed by atoms with Crippen LogP contribution in [0.25, 0.3) is 0 Å². The summed E-state index contributed by atoms with van der Waals surface area (Å²) in [6.07, 6.45) is 2.86. The molecule has 20 heavy (non-hydrogen) atoms. The molecule has 2 aliphatic rings. The van der Waals surface area contributed by atoms with Crippen LogP contribution in [0.15, 0.2) is 18.2 Å². The van der Waals surface area contributed by atoms with Crippen LogP contribution in [0.1, 0.15) is 29.6 Å². The first kappa shape index (κ1) is 13.2. The van der Waals surface area contributed by atoms with Crippen LogP contribution in [0, 0.1) is 5.92 Å². The van der Waals surface area contributed by atoms with Gasteiger partial charge in [-0.15, -0.1) is 0 Å². The number of ether oxygens (including phenoxy) is 2. The number of piperidine rings is 1. The van der Waals surface area contributed by atoms with Gasteiger partial charge in [0.05, 0.1) is 0 Å². The van der Waals surface area contributed by atoms with Crippen LogP contribution in [0.3, 0.4) is 0 Å². The molecule has 1 amide bonds. The van der Waals surface area contributed by atoms with Crippen molar-refractivity contribution in [3.05, 3.63) is 23.8 Å². The molecule has 0 radical (unpaired) electrons. The Bertz CT molecular complexity index is 501. The zero-order valence-corrected chi connectivity index (χ0v) is 11.4. The van der Waals surface area contributed by atoms with Crippen LogP contribution in [-0.2, 0) is 0 Å². The van der Waals surface area contributed by atoms with E-state index in [1.165, 1.54) is 0 Å². The lowest BCUT2D eigenvalue weighted by molar-refractivity contribution is 0.0653. The van der Waals surface area contributed by atoms with E-state index in [-0.39, 0.29) is 19.3 Å². The van der Waals surface area contributed by atoms with E-state index in [1.807, 2.05) is 4.90 Å². The highest BCUT2D eigenvalue weighted by atomic mass is 16.7. The quantitative estimate of drug-likeness (QED) is 0.912. The minimum atomic E-state index is 0.0333. The Hall–Kier alpha value is -1.75. The van der Waals surface area contributed by atoms with Crippen molar-refractivity contribution in [2.24, 2.45) is 5.92 Å². The second kappa shape index (κ2) is 5.71. The highest BCUT2D eigenvalue weighted by Crippen LogP contribution is 2.33. The number of likely N-dealkylation sites (tertiary alicyclic amines) is 1. The van der Waals surface area contributed by atoms with E-state index in [4.69, 9.17) is 14.6 Å². The van der Waals surface area contributed by atoms with Crippen molar-refractivity contribution in [3.63, 3.8) is 0 Å². The largest absolute Gasteiger partial charge is 0.454 e. The first-order valence-electron chi connectivity index (χ1n) is 7.07. The van der Waals surface area contributed by atoms with Crippen molar-refractivity contribution < 1.29 is 19.4 Å². The summed E-state index contributed by atoms with van der Waals surface area (Å²) in [6, 6.07) is 5.32. The number of aliphatic hydroxyl groups excluding tert-OH is 1. The third-order valence-corrected chi connectivity index (χ3v) is 3.96. The molecule has 1 fully saturated rings. The lowest BCUT2D eigenvalue weighted by Gasteiger charge is -2.32. The van der Waals surface area contributed by atoms with Gasteiger partial charge in [-0.3, -0.25) is 4.79 Å². The number of aliphatic hydroxyl groups is 1. The maximum absolute atomic E-state index is 12.5. The van der Waals surface area contributed by atoms with Crippen molar-refractivity contribution in [1.29, 1.82) is 0 Å². The molecular formula is C15H19NO4. The second-order valence-electron chi connectivity index (χ2n) is 5.34. The number of rotatable bonds is 3. The van der Waals surface area contributed by atoms with E-state index >= 15 is 0 Å². The number of benzene rings is 1. The summed E-state index contributed by atoms with van der Waals surface area (Å²) >= 11 is 0. The number of hydrogen-bond acceptors (Lipinski definition) is 4. The summed E-state index contributed by atoms with van der Waals surface area (Å²) in [6.45, 7) is 1.93. The van der Waals surface area contributed by atoms with Crippen molar-refractivity contribution >= 4 is 5.91 Å². The molecule has 3 rings (SSSR count). The maximum atomic E-state index is 12.5. The lowest BCUT2D eigenvalue weighted by atomic mass is 9.94. The molecule has 1 aromatic carbocycles. The highest BCUT2D eigenvalue weighted by molar-refractivity contribution is 5.95. The predicted octanol–water partition coefficient (Wildman–Crippen LogP) is 1.65. The molecular weight excluding hydrogens is 258 g/mol. The molecule has 5 nitrogen and oxygen atoms in total. The van der Waals surface area contributed by atoms with E-state index in [9.17, 15) is 4.79 Å². The number of carbonyl (C=O) groups excluding carboxylic acids is 1. The fourth-order valence-electron chi connectivity index (χ4n) is 2.88. The van der Waals surface area contributed by atoms with Gasteiger partial charge >= 0.3 is 0 Å². The number of nitrogens with zero attached hydrogens (tertiary/aromatic N) is 1. The summed E-state index contributed by atoms with van der Waals surface area (Å²) in [5.74, 6) is 1.77. The standard InChI is InChI=1S/C15H19NO4/c17-7-5-11-2-1-6-16(9-11)15(18)12-3-4-13-14(8-12)20-10-19-13/h3-4,8,11,17H,1-2,5-7,9-10H2. The minimum absolute atomic E-state index is 0.0333. The van der Waals surface area contributed by atoms with Gasteiger partial charge in [-0.25, -0.2) is 0 Å². The van der Waals surface area contributed by atoms with Crippen molar-refractivity contribution in [2.75, 3.05) is 26.5 Å². The second-order valence-corrected chi connectivity index (χ2v) is 5.34. The zero-order chi connectivity index (χ0) is 13.9. The van der Waals surface area contributed by atoms with Gasteiger partial charge in [0.25, 0.3) is 5.91 Å². The summed E-state index contributed by atoms with van der Waals surface area (Å²) in [4.78, 5) is 14.4. The zero-order valence-electron chi connectivity index (χ0n) is 11.4. The number of fused-ring (bicyclic) bond motifs is 1. The molecule has 1 N–H and O–H groups in total. The average Bonchev–Trinajstić information content (AvgIpc) is 2.94. The van der Waals surface area contributed by atoms with Crippen molar-refractivity contribution in [3.8, 4) is 11.5 Å². The summed E-state index contributed by atoms with van der Waals surface area (Å²) in [7, 11) is 0. The molecule has 0 bridgehead atoms. The van der Waals surface area contributed by atoms with Gasteiger partial charge in [-0.1, -0.05) is 0 Å². The van der Waals surface area contributed by atoms with Crippen LogP contribution in [0.5, 0.6) is 11.5 Å². The first-order valence-corrected chi connectivity index (χ1v) is 7.07. The molecule has 0 saturated carbocycles. The van der Waals surface area contributed by atoms with Crippen LogP contribution in [-0.4, -0.2) is 42.4 Å². The number of hydrogen-bond donors (Lipinski definition) is 1. The van der Waals surface area contributed by atoms with Gasteiger partial charge in [-0.05, 0) is 43.4 Å². The normalized spacial score (nSPS) is 21.1. The van der Waals surface area contributed by atoms with Gasteiger partial charge in [0.15, 0.2) is 11.5 Å². The van der Waals surface area contributed by atoms with Gasteiger partial charge in [0, 0.05) is 25.3 Å². The molecule has 0 aromatic heterocycles. The third-order valence-electron chi connectivity index (χ3n) is 3.96. The van der Waals surface area contributed by atoms with Gasteiger partial charge in [0.2, 0.25) is 6.79 Å². The van der Waals surface area contributed by atoms with E-state index in [0.717, 1.165) is 32.4 Å². The molecule has 0 aliphatic carbocycles. The fraction of sp³-hybridized carbons (Fsp3) is 0.533. The molecule has 2 heterocycles. The van der Waals surface area contributed by atoms with Gasteiger partial charge in [-0.2, -0.15) is 0 Å². The van der Waals surface area contributed by atoms with Gasteiger partial charge < -0.3 is 19.5 Å². The highest BCUT2D eigenvalue weighted by Gasteiger charge is 2.25. The topological polar surface area (TPSA) is 59.0 Å². The molecule has 5 heteroatoms. The fourth-order valence-corrected chi connectivity index (χ4v) is 2.88. The minimum Gasteiger partial charge on any atom is -0.454 e. The molecule has 1 aromatic rings. The van der Waals surface area contributed by atoms with Gasteiger partial charge in [0.1, 0.15) is 0 Å². The van der Waals surface area contributed by atoms with Crippen LogP contribution < -0.4 is 9.47 Å². The van der Waals surface area contributed by atoms with Crippen molar-refractivity contribution in [2.45, 2.75) is 19.3 Å². The number of carbonyl (C=O) groups is 1. The van der Waals surface area contributed by atoms with E-state index in [0.29, 0.717) is 23.0 Å². The number of amides is 1. The lowest BCUT2D eigenvalue weighted by Crippen LogP contribution is -2.40. The average molecular weight is 277 g/mol. The predicted molar refractivity (Wildman–Crippen MR) is 72.9 cm³/mol. The molecule has 0 spiro atoms. The Labute approximate surface area is 118 Å². The summed E-state index contributed by atoms with van der Waals surface area (Å²) in [5.41, 5.74) is 0.638. The van der Waals surface area contributed by atoms with Crippen LogP contribution in [0.2, 0.25) is 0 Å². The Morgan fingerprint density at radius 3 is 3.05 bits per heavy atom. The van der Waals surface area contributed by atoms with Crippen LogP contribution >= 0.6 is 0 Å². The third kappa shape index (κ3) is 2.58. The van der Waals surface area contributed by atoms with E-state index < -0.39 is 0 Å². The Morgan fingerprint density at radius 1 is 1.35 bits per heavy atom. The SMILES string of the molecule is O=C(c1ccc2c(c1)OCO2)N1CCCC(CCO)C1. The Kier molecular flexibility index (Phi) is 3.78. The summed E-state index contributed by atoms with van der Waals surface area (Å²) < 4.78 is 10.6. The monoisotopic (exact) mass is 277 g/mol. The van der Waals surface area contributed by atoms with E-state index in [2.05, 4.69) is 0 Å². The smallest absolute Gasteiger partial charge is 0.254 e. The Balaban J connectivity index is 1.72. The molecule has 1 unspecified atom stereocenters. The van der Waals surface area contributed by atoms with E-state index in [1.54, 1.807) is 18.2 Å². The maximum Gasteiger partial charge on any atom is 0.254 e. The Morgan fingerprint density at radius 2 is 2.20 bits per heavy atom. The molecule has 108 valence electrons.